The Labute approximate surface area is 204 Å². The molecule has 3 heterocycles. The lowest BCUT2D eigenvalue weighted by atomic mass is 9.89. The zero-order chi connectivity index (χ0) is 24.2. The maximum Gasteiger partial charge on any atom is 0.256 e. The second-order valence-corrected chi connectivity index (χ2v) is 9.08. The van der Waals surface area contributed by atoms with Gasteiger partial charge >= 0.3 is 0 Å². The van der Waals surface area contributed by atoms with E-state index in [9.17, 15) is 14.0 Å². The molecule has 1 atom stereocenters. The highest BCUT2D eigenvalue weighted by atomic mass is 19.1. The van der Waals surface area contributed by atoms with Crippen LogP contribution in [0.1, 0.15) is 41.1 Å². The minimum absolute atomic E-state index is 0.0169. The van der Waals surface area contributed by atoms with E-state index in [4.69, 9.17) is 0 Å². The molecule has 0 unspecified atom stereocenters. The van der Waals surface area contributed by atoms with Crippen LogP contribution in [0, 0.1) is 11.7 Å². The molecule has 0 saturated carbocycles. The molecular weight excluding hydrogens is 445 g/mol. The van der Waals surface area contributed by atoms with Crippen LogP contribution in [0.2, 0.25) is 0 Å². The maximum absolute atomic E-state index is 14.0. The summed E-state index contributed by atoms with van der Waals surface area (Å²) in [5, 5.41) is 11.4. The Morgan fingerprint density at radius 1 is 0.971 bits per heavy atom. The van der Waals surface area contributed by atoms with Crippen molar-refractivity contribution in [3.63, 3.8) is 0 Å². The summed E-state index contributed by atoms with van der Waals surface area (Å²) in [6, 6.07) is 17.7. The van der Waals surface area contributed by atoms with E-state index >= 15 is 0 Å². The van der Waals surface area contributed by atoms with E-state index in [2.05, 4.69) is 27.6 Å². The average molecular weight is 474 g/mol. The van der Waals surface area contributed by atoms with Crippen molar-refractivity contribution in [1.29, 1.82) is 0 Å². The molecule has 5 rings (SSSR count). The lowest BCUT2D eigenvalue weighted by Crippen LogP contribution is -2.38. The molecule has 35 heavy (non-hydrogen) atoms. The number of benzene rings is 2. The number of rotatable bonds is 5. The van der Waals surface area contributed by atoms with Crippen LogP contribution in [0.3, 0.4) is 0 Å². The van der Waals surface area contributed by atoms with E-state index in [0.29, 0.717) is 31.4 Å². The molecule has 180 valence electrons. The van der Waals surface area contributed by atoms with Gasteiger partial charge in [-0.2, -0.15) is 5.10 Å². The predicted octanol–water partition coefficient (Wildman–Crippen LogP) is 3.91. The number of carbonyl (C=O) groups is 2. The summed E-state index contributed by atoms with van der Waals surface area (Å²) in [7, 11) is 0. The van der Waals surface area contributed by atoms with Crippen molar-refractivity contribution in [1.82, 2.24) is 20.4 Å². The van der Waals surface area contributed by atoms with Gasteiger partial charge in [-0.25, -0.2) is 4.39 Å². The Morgan fingerprint density at radius 2 is 1.74 bits per heavy atom. The van der Waals surface area contributed by atoms with E-state index in [1.165, 1.54) is 17.7 Å². The number of piperidine rings is 1. The number of hydrogen-bond acceptors (Lipinski definition) is 5. The quantitative estimate of drug-likeness (QED) is 0.608. The zero-order valence-electron chi connectivity index (χ0n) is 19.4. The topological polar surface area (TPSA) is 78.4 Å². The van der Waals surface area contributed by atoms with E-state index in [0.717, 1.165) is 31.5 Å². The summed E-state index contributed by atoms with van der Waals surface area (Å²) in [5.41, 5.74) is 2.06. The Balaban J connectivity index is 1.29. The zero-order valence-corrected chi connectivity index (χ0v) is 19.4. The number of amides is 2. The third kappa shape index (κ3) is 4.93. The number of anilines is 2. The standard InChI is InChI=1S/C27H28FN5O2/c28-24-5-2-1-4-23(24)27(35)32-16-12-20(13-17-32)19-7-9-22(10-8-19)33(25-6-3-14-30-31-25)26(34)21-11-15-29-18-21/h1-10,14,20-21,29H,11-13,15-18H2/t21-/m1/s1. The molecule has 2 aromatic carbocycles. The van der Waals surface area contributed by atoms with Crippen molar-refractivity contribution in [3.8, 4) is 0 Å². The molecule has 0 bridgehead atoms. The number of likely N-dealkylation sites (tertiary alicyclic amines) is 1. The highest BCUT2D eigenvalue weighted by molar-refractivity contribution is 6.01. The molecule has 2 aliphatic rings. The van der Waals surface area contributed by atoms with Crippen LogP contribution in [0.25, 0.3) is 0 Å². The van der Waals surface area contributed by atoms with Crippen LogP contribution in [0.5, 0.6) is 0 Å². The van der Waals surface area contributed by atoms with Gasteiger partial charge < -0.3 is 10.2 Å². The SMILES string of the molecule is O=C(c1ccccc1F)N1CCC(c2ccc(N(C(=O)[C@@H]3CCNC3)c3cccnn3)cc2)CC1. The predicted molar refractivity (Wildman–Crippen MR) is 131 cm³/mol. The normalized spacial score (nSPS) is 18.4. The molecule has 7 nitrogen and oxygen atoms in total. The largest absolute Gasteiger partial charge is 0.339 e. The van der Waals surface area contributed by atoms with Gasteiger partial charge in [-0.05, 0) is 73.7 Å². The molecule has 1 aromatic heterocycles. The first-order valence-electron chi connectivity index (χ1n) is 12.1. The van der Waals surface area contributed by atoms with Crippen molar-refractivity contribution in [2.75, 3.05) is 31.1 Å². The highest BCUT2D eigenvalue weighted by Gasteiger charge is 2.30. The second-order valence-electron chi connectivity index (χ2n) is 9.08. The summed E-state index contributed by atoms with van der Waals surface area (Å²) in [4.78, 5) is 29.4. The third-order valence-electron chi connectivity index (χ3n) is 6.93. The van der Waals surface area contributed by atoms with Gasteiger partial charge in [0.05, 0.1) is 17.2 Å². The van der Waals surface area contributed by atoms with Crippen molar-refractivity contribution in [2.45, 2.75) is 25.2 Å². The molecule has 1 N–H and O–H groups in total. The third-order valence-corrected chi connectivity index (χ3v) is 6.93. The van der Waals surface area contributed by atoms with Crippen LogP contribution in [-0.2, 0) is 4.79 Å². The van der Waals surface area contributed by atoms with E-state index in [1.54, 1.807) is 40.3 Å². The Morgan fingerprint density at radius 3 is 2.40 bits per heavy atom. The molecular formula is C27H28FN5O2. The smallest absolute Gasteiger partial charge is 0.256 e. The molecule has 2 amide bonds. The minimum Gasteiger partial charge on any atom is -0.339 e. The first-order valence-corrected chi connectivity index (χ1v) is 12.1. The number of nitrogens with one attached hydrogen (secondary N) is 1. The molecule has 2 fully saturated rings. The summed E-state index contributed by atoms with van der Waals surface area (Å²) in [6.07, 6.45) is 4.01. The Bertz CT molecular complexity index is 1170. The van der Waals surface area contributed by atoms with Crippen molar-refractivity contribution in [2.24, 2.45) is 5.92 Å². The van der Waals surface area contributed by atoms with E-state index in [-0.39, 0.29) is 23.3 Å². The maximum atomic E-state index is 14.0. The first-order chi connectivity index (χ1) is 17.1. The fraction of sp³-hybridized carbons (Fsp3) is 0.333. The van der Waals surface area contributed by atoms with Gasteiger partial charge in [-0.1, -0.05) is 24.3 Å². The van der Waals surface area contributed by atoms with E-state index < -0.39 is 5.82 Å². The number of aromatic nitrogens is 2. The average Bonchev–Trinajstić information content (AvgIpc) is 3.45. The van der Waals surface area contributed by atoms with Crippen molar-refractivity contribution < 1.29 is 14.0 Å². The Hall–Kier alpha value is -3.65. The summed E-state index contributed by atoms with van der Waals surface area (Å²) >= 11 is 0. The van der Waals surface area contributed by atoms with Crippen LogP contribution >= 0.6 is 0 Å². The number of hydrogen-bond donors (Lipinski definition) is 1. The lowest BCUT2D eigenvalue weighted by molar-refractivity contribution is -0.121. The molecule has 0 aliphatic carbocycles. The lowest BCUT2D eigenvalue weighted by Gasteiger charge is -2.32. The summed E-state index contributed by atoms with van der Waals surface area (Å²) < 4.78 is 14.0. The van der Waals surface area contributed by atoms with Gasteiger partial charge in [0, 0.05) is 25.8 Å². The van der Waals surface area contributed by atoms with Crippen LogP contribution in [0.15, 0.2) is 66.9 Å². The number of halogens is 1. The summed E-state index contributed by atoms with van der Waals surface area (Å²) in [6.45, 7) is 2.66. The molecule has 3 aromatic rings. The van der Waals surface area contributed by atoms with Gasteiger partial charge in [0.15, 0.2) is 5.82 Å². The highest BCUT2D eigenvalue weighted by Crippen LogP contribution is 2.32. The van der Waals surface area contributed by atoms with Crippen molar-refractivity contribution in [3.05, 3.63) is 83.8 Å². The molecule has 0 spiro atoms. The van der Waals surface area contributed by atoms with Gasteiger partial charge in [-0.15, -0.1) is 5.10 Å². The van der Waals surface area contributed by atoms with Gasteiger partial charge in [-0.3, -0.25) is 14.5 Å². The van der Waals surface area contributed by atoms with Gasteiger partial charge in [0.1, 0.15) is 5.82 Å². The monoisotopic (exact) mass is 473 g/mol. The fourth-order valence-electron chi connectivity index (χ4n) is 4.95. The first kappa shape index (κ1) is 23.1. The van der Waals surface area contributed by atoms with Gasteiger partial charge in [0.25, 0.3) is 5.91 Å². The van der Waals surface area contributed by atoms with Crippen LogP contribution < -0.4 is 10.2 Å². The minimum atomic E-state index is -0.481. The molecule has 2 aliphatic heterocycles. The molecule has 0 radical (unpaired) electrons. The molecule has 2 saturated heterocycles. The Kier molecular flexibility index (Phi) is 6.81. The van der Waals surface area contributed by atoms with E-state index in [1.807, 2.05) is 12.1 Å². The van der Waals surface area contributed by atoms with Gasteiger partial charge in [0.2, 0.25) is 5.91 Å². The number of nitrogens with zero attached hydrogens (tertiary/aromatic N) is 4. The fourth-order valence-corrected chi connectivity index (χ4v) is 4.95. The van der Waals surface area contributed by atoms with Crippen LogP contribution in [0.4, 0.5) is 15.9 Å². The molecule has 8 heteroatoms. The summed E-state index contributed by atoms with van der Waals surface area (Å²) in [5.74, 6) is 0.00368. The van der Waals surface area contributed by atoms with Crippen molar-refractivity contribution >= 4 is 23.3 Å². The number of carbonyl (C=O) groups excluding carboxylic acids is 2. The van der Waals surface area contributed by atoms with Crippen LogP contribution in [-0.4, -0.2) is 53.1 Å². The second kappa shape index (κ2) is 10.3.